The molecule has 3 N–H and O–H groups in total. The zero-order chi connectivity index (χ0) is 13.8. The first-order chi connectivity index (χ1) is 8.33. The highest BCUT2D eigenvalue weighted by Gasteiger charge is 2.23. The van der Waals surface area contributed by atoms with Crippen LogP contribution in [0.5, 0.6) is 0 Å². The lowest BCUT2D eigenvalue weighted by molar-refractivity contribution is 0.492. The Morgan fingerprint density at radius 3 is 2.47 bits per heavy atom. The predicted molar refractivity (Wildman–Crippen MR) is 89.6 cm³/mol. The molecular formula is C14H23FIN3. The predicted octanol–water partition coefficient (Wildman–Crippen LogP) is 3.03. The van der Waals surface area contributed by atoms with E-state index in [4.69, 9.17) is 5.73 Å². The van der Waals surface area contributed by atoms with E-state index in [0.29, 0.717) is 18.1 Å². The average Bonchev–Trinajstić information content (AvgIpc) is 2.26. The zero-order valence-electron chi connectivity index (χ0n) is 11.9. The number of hydrogen-bond donors (Lipinski definition) is 2. The molecule has 0 spiro atoms. The summed E-state index contributed by atoms with van der Waals surface area (Å²) in [5, 5.41) is 3.02. The summed E-state index contributed by atoms with van der Waals surface area (Å²) in [6.07, 6.45) is 0. The number of nitrogens with zero attached hydrogens (tertiary/aromatic N) is 1. The lowest BCUT2D eigenvalue weighted by Crippen LogP contribution is -2.38. The summed E-state index contributed by atoms with van der Waals surface area (Å²) in [5.74, 6) is 0.197. The molecule has 0 saturated carbocycles. The van der Waals surface area contributed by atoms with Crippen LogP contribution in [0.1, 0.15) is 33.3 Å². The van der Waals surface area contributed by atoms with Crippen molar-refractivity contribution in [3.63, 3.8) is 0 Å². The Bertz CT molecular complexity index is 430. The minimum absolute atomic E-state index is 0. The molecule has 1 rings (SSSR count). The molecule has 0 heterocycles. The molecule has 0 aliphatic rings. The summed E-state index contributed by atoms with van der Waals surface area (Å²) < 4.78 is 13.7. The summed E-state index contributed by atoms with van der Waals surface area (Å²) in [6.45, 7) is 8.34. The van der Waals surface area contributed by atoms with Gasteiger partial charge in [-0.3, -0.25) is 4.99 Å². The van der Waals surface area contributed by atoms with Crippen LogP contribution in [-0.4, -0.2) is 18.5 Å². The van der Waals surface area contributed by atoms with Crippen LogP contribution in [0.25, 0.3) is 0 Å². The van der Waals surface area contributed by atoms with Crippen molar-refractivity contribution in [1.82, 2.24) is 5.32 Å². The fraction of sp³-hybridized carbons (Fsp3) is 0.500. The maximum atomic E-state index is 13.7. The number of nitrogens with one attached hydrogen (secondary N) is 1. The third-order valence-electron chi connectivity index (χ3n) is 2.68. The van der Waals surface area contributed by atoms with Gasteiger partial charge in [-0.2, -0.15) is 0 Å². The van der Waals surface area contributed by atoms with Gasteiger partial charge >= 0.3 is 0 Å². The number of aliphatic imine (C=N–C) groups is 1. The molecule has 0 aliphatic carbocycles. The second-order valence-corrected chi connectivity index (χ2v) is 5.36. The Balaban J connectivity index is 0.00000324. The summed E-state index contributed by atoms with van der Waals surface area (Å²) >= 11 is 0. The van der Waals surface area contributed by atoms with Crippen LogP contribution in [0.3, 0.4) is 0 Å². The van der Waals surface area contributed by atoms with Crippen molar-refractivity contribution in [2.45, 2.75) is 39.2 Å². The van der Waals surface area contributed by atoms with E-state index in [1.807, 2.05) is 33.8 Å². The first-order valence-corrected chi connectivity index (χ1v) is 6.14. The minimum Gasteiger partial charge on any atom is -0.370 e. The topological polar surface area (TPSA) is 50.4 Å². The molecular weight excluding hydrogens is 356 g/mol. The van der Waals surface area contributed by atoms with Crippen molar-refractivity contribution in [3.05, 3.63) is 35.6 Å². The SMILES string of the molecule is CC(C)NC(N)=NCC(C)(C)c1ccccc1F.I. The molecule has 0 radical (unpaired) electrons. The van der Waals surface area contributed by atoms with Crippen LogP contribution in [-0.2, 0) is 5.41 Å². The Labute approximate surface area is 131 Å². The van der Waals surface area contributed by atoms with Crippen LogP contribution >= 0.6 is 24.0 Å². The molecule has 0 aliphatic heterocycles. The second kappa shape index (κ2) is 7.67. The Hall–Kier alpha value is -0.850. The van der Waals surface area contributed by atoms with E-state index in [1.54, 1.807) is 12.1 Å². The van der Waals surface area contributed by atoms with Crippen molar-refractivity contribution in [2.24, 2.45) is 10.7 Å². The number of hydrogen-bond acceptors (Lipinski definition) is 1. The molecule has 1 aromatic rings. The van der Waals surface area contributed by atoms with Gasteiger partial charge in [-0.15, -0.1) is 24.0 Å². The molecule has 5 heteroatoms. The molecule has 108 valence electrons. The first kappa shape index (κ1) is 18.1. The van der Waals surface area contributed by atoms with Crippen LogP contribution < -0.4 is 11.1 Å². The summed E-state index contributed by atoms with van der Waals surface area (Å²) in [6, 6.07) is 7.02. The van der Waals surface area contributed by atoms with Gasteiger partial charge in [-0.25, -0.2) is 4.39 Å². The van der Waals surface area contributed by atoms with Gasteiger partial charge < -0.3 is 11.1 Å². The van der Waals surface area contributed by atoms with E-state index < -0.39 is 0 Å². The number of guanidine groups is 1. The number of nitrogens with two attached hydrogens (primary N) is 1. The van der Waals surface area contributed by atoms with Gasteiger partial charge in [-0.1, -0.05) is 32.0 Å². The van der Waals surface area contributed by atoms with Crippen molar-refractivity contribution in [3.8, 4) is 0 Å². The zero-order valence-corrected chi connectivity index (χ0v) is 14.2. The van der Waals surface area contributed by atoms with Crippen LogP contribution in [0.4, 0.5) is 4.39 Å². The number of rotatable bonds is 4. The standard InChI is InChI=1S/C14H22FN3.HI/c1-10(2)18-13(16)17-9-14(3,4)11-7-5-6-8-12(11)15;/h5-8,10H,9H2,1-4H3,(H3,16,17,18);1H. The van der Waals surface area contributed by atoms with Crippen molar-refractivity contribution >= 4 is 29.9 Å². The smallest absolute Gasteiger partial charge is 0.188 e. The van der Waals surface area contributed by atoms with Crippen molar-refractivity contribution < 1.29 is 4.39 Å². The second-order valence-electron chi connectivity index (χ2n) is 5.36. The lowest BCUT2D eigenvalue weighted by atomic mass is 9.84. The minimum atomic E-state index is -0.380. The molecule has 0 atom stereocenters. The number of halogens is 2. The van der Waals surface area contributed by atoms with Gasteiger partial charge in [0.25, 0.3) is 0 Å². The average molecular weight is 379 g/mol. The van der Waals surface area contributed by atoms with Gasteiger partial charge in [0, 0.05) is 11.5 Å². The van der Waals surface area contributed by atoms with Crippen LogP contribution in [0.2, 0.25) is 0 Å². The van der Waals surface area contributed by atoms with E-state index in [1.165, 1.54) is 6.07 Å². The Morgan fingerprint density at radius 2 is 1.95 bits per heavy atom. The van der Waals surface area contributed by atoms with E-state index in [-0.39, 0.29) is 41.3 Å². The summed E-state index contributed by atoms with van der Waals surface area (Å²) in [4.78, 5) is 4.27. The fourth-order valence-electron chi connectivity index (χ4n) is 1.72. The molecule has 0 fully saturated rings. The largest absolute Gasteiger partial charge is 0.370 e. The summed E-state index contributed by atoms with van der Waals surface area (Å²) in [7, 11) is 0. The summed E-state index contributed by atoms with van der Waals surface area (Å²) in [5.41, 5.74) is 6.02. The maximum Gasteiger partial charge on any atom is 0.188 e. The normalized spacial score (nSPS) is 12.2. The quantitative estimate of drug-likeness (QED) is 0.480. The van der Waals surface area contributed by atoms with Gasteiger partial charge in [0.1, 0.15) is 5.82 Å². The van der Waals surface area contributed by atoms with E-state index in [0.717, 1.165) is 0 Å². The molecule has 0 unspecified atom stereocenters. The molecule has 0 aromatic heterocycles. The van der Waals surface area contributed by atoms with Crippen LogP contribution in [0.15, 0.2) is 29.3 Å². The van der Waals surface area contributed by atoms with E-state index >= 15 is 0 Å². The Morgan fingerprint density at radius 1 is 1.37 bits per heavy atom. The van der Waals surface area contributed by atoms with E-state index in [2.05, 4.69) is 10.3 Å². The van der Waals surface area contributed by atoms with Gasteiger partial charge in [-0.05, 0) is 25.5 Å². The Kier molecular flexibility index (Phi) is 7.33. The molecule has 19 heavy (non-hydrogen) atoms. The van der Waals surface area contributed by atoms with Crippen molar-refractivity contribution in [1.29, 1.82) is 0 Å². The molecule has 1 aromatic carbocycles. The van der Waals surface area contributed by atoms with Gasteiger partial charge in [0.05, 0.1) is 6.54 Å². The molecule has 0 amide bonds. The van der Waals surface area contributed by atoms with Gasteiger partial charge in [0.15, 0.2) is 5.96 Å². The highest BCUT2D eigenvalue weighted by molar-refractivity contribution is 14.0. The number of benzene rings is 1. The van der Waals surface area contributed by atoms with E-state index in [9.17, 15) is 4.39 Å². The van der Waals surface area contributed by atoms with Crippen LogP contribution in [0, 0.1) is 5.82 Å². The third kappa shape index (κ3) is 5.76. The van der Waals surface area contributed by atoms with Gasteiger partial charge in [0.2, 0.25) is 0 Å². The lowest BCUT2D eigenvalue weighted by Gasteiger charge is -2.24. The molecule has 3 nitrogen and oxygen atoms in total. The highest BCUT2D eigenvalue weighted by atomic mass is 127. The molecule has 0 saturated heterocycles. The molecule has 0 bridgehead atoms. The highest BCUT2D eigenvalue weighted by Crippen LogP contribution is 2.25. The van der Waals surface area contributed by atoms with Crippen molar-refractivity contribution in [2.75, 3.05) is 6.54 Å². The monoisotopic (exact) mass is 379 g/mol. The maximum absolute atomic E-state index is 13.7. The fourth-order valence-corrected chi connectivity index (χ4v) is 1.72. The first-order valence-electron chi connectivity index (χ1n) is 6.14. The third-order valence-corrected chi connectivity index (χ3v) is 2.68.